The molecule has 0 aromatic heterocycles. The number of amides is 2. The second-order valence-corrected chi connectivity index (χ2v) is 10.6. The van der Waals surface area contributed by atoms with Gasteiger partial charge in [0, 0.05) is 23.3 Å². The van der Waals surface area contributed by atoms with Gasteiger partial charge in [0.15, 0.2) is 0 Å². The van der Waals surface area contributed by atoms with Crippen LogP contribution in [0.4, 0.5) is 0 Å². The normalized spacial score (nSPS) is 18.9. The van der Waals surface area contributed by atoms with Gasteiger partial charge in [-0.15, -0.1) is 0 Å². The van der Waals surface area contributed by atoms with Crippen molar-refractivity contribution >= 4 is 48.5 Å². The highest BCUT2D eigenvalue weighted by molar-refractivity contribution is 9.10. The molecule has 0 bridgehead atoms. The summed E-state index contributed by atoms with van der Waals surface area (Å²) in [6, 6.07) is 9.58. The van der Waals surface area contributed by atoms with E-state index in [4.69, 9.17) is 0 Å². The summed E-state index contributed by atoms with van der Waals surface area (Å²) in [6.07, 6.45) is 2.69. The SMILES string of the molecule is C=C1CCCN1C(=O)CN1CCC[C@H](NS(=O)(=O)c2ccc3cc(Br)ccc3c2)C1=O.CN. The van der Waals surface area contributed by atoms with Gasteiger partial charge < -0.3 is 15.5 Å². The molecule has 10 heteroatoms. The molecule has 33 heavy (non-hydrogen) atoms. The van der Waals surface area contributed by atoms with E-state index in [1.807, 2.05) is 18.2 Å². The Hall–Kier alpha value is -2.27. The van der Waals surface area contributed by atoms with Gasteiger partial charge in [-0.3, -0.25) is 9.59 Å². The number of carbonyl (C=O) groups is 2. The highest BCUT2D eigenvalue weighted by Gasteiger charge is 2.34. The van der Waals surface area contributed by atoms with Crippen LogP contribution in [0.3, 0.4) is 0 Å². The minimum absolute atomic E-state index is 0.0546. The van der Waals surface area contributed by atoms with Crippen molar-refractivity contribution in [2.24, 2.45) is 5.73 Å². The molecule has 2 fully saturated rings. The molecule has 4 rings (SSSR count). The van der Waals surface area contributed by atoms with Gasteiger partial charge in [0.1, 0.15) is 12.6 Å². The number of sulfonamides is 1. The van der Waals surface area contributed by atoms with Crippen molar-refractivity contribution in [3.05, 3.63) is 53.1 Å². The number of likely N-dealkylation sites (tertiary alicyclic amines) is 2. The highest BCUT2D eigenvalue weighted by atomic mass is 79.9. The van der Waals surface area contributed by atoms with Crippen LogP contribution in [0.15, 0.2) is 58.0 Å². The van der Waals surface area contributed by atoms with E-state index in [-0.39, 0.29) is 23.3 Å². The predicted octanol–water partition coefficient (Wildman–Crippen LogP) is 2.58. The van der Waals surface area contributed by atoms with Gasteiger partial charge in [0.05, 0.1) is 4.90 Å². The molecule has 1 atom stereocenters. The van der Waals surface area contributed by atoms with E-state index >= 15 is 0 Å². The summed E-state index contributed by atoms with van der Waals surface area (Å²) < 4.78 is 29.4. The van der Waals surface area contributed by atoms with E-state index in [1.165, 1.54) is 18.0 Å². The van der Waals surface area contributed by atoms with Crippen molar-refractivity contribution in [2.75, 3.05) is 26.7 Å². The Kier molecular flexibility index (Phi) is 8.28. The molecule has 2 aromatic rings. The van der Waals surface area contributed by atoms with E-state index in [0.29, 0.717) is 25.9 Å². The molecule has 0 saturated carbocycles. The third-order valence-corrected chi connectivity index (χ3v) is 7.73. The molecule has 3 N–H and O–H groups in total. The maximum atomic E-state index is 13.0. The summed E-state index contributed by atoms with van der Waals surface area (Å²) in [5, 5.41) is 1.70. The topological polar surface area (TPSA) is 113 Å². The number of nitrogens with one attached hydrogen (secondary N) is 1. The molecule has 0 aliphatic carbocycles. The first-order valence-corrected chi connectivity index (χ1v) is 13.1. The quantitative estimate of drug-likeness (QED) is 0.609. The van der Waals surface area contributed by atoms with E-state index in [9.17, 15) is 18.0 Å². The number of nitrogens with two attached hydrogens (primary N) is 1. The predicted molar refractivity (Wildman–Crippen MR) is 132 cm³/mol. The molecule has 2 amide bonds. The largest absolute Gasteiger partial charge is 0.333 e. The van der Waals surface area contributed by atoms with Gasteiger partial charge in [-0.25, -0.2) is 8.42 Å². The number of hydrogen-bond acceptors (Lipinski definition) is 5. The molecule has 2 heterocycles. The molecule has 2 aliphatic rings. The number of piperidine rings is 1. The molecule has 2 saturated heterocycles. The average molecular weight is 537 g/mol. The number of rotatable bonds is 5. The molecular weight excluding hydrogens is 508 g/mol. The Morgan fingerprint density at radius 3 is 2.55 bits per heavy atom. The van der Waals surface area contributed by atoms with Crippen LogP contribution in [0.2, 0.25) is 0 Å². The second kappa shape index (κ2) is 10.8. The smallest absolute Gasteiger partial charge is 0.246 e. The van der Waals surface area contributed by atoms with Gasteiger partial charge in [-0.05, 0) is 67.8 Å². The van der Waals surface area contributed by atoms with Crippen LogP contribution in [0, 0.1) is 0 Å². The first-order valence-electron chi connectivity index (χ1n) is 10.8. The lowest BCUT2D eigenvalue weighted by Gasteiger charge is -2.33. The van der Waals surface area contributed by atoms with Crippen LogP contribution >= 0.6 is 15.9 Å². The van der Waals surface area contributed by atoms with Crippen LogP contribution in [-0.2, 0) is 19.6 Å². The summed E-state index contributed by atoms with van der Waals surface area (Å²) in [5.74, 6) is -0.530. The highest BCUT2D eigenvalue weighted by Crippen LogP contribution is 2.24. The van der Waals surface area contributed by atoms with Crippen molar-refractivity contribution in [2.45, 2.75) is 36.6 Å². The van der Waals surface area contributed by atoms with Gasteiger partial charge in [-0.1, -0.05) is 34.6 Å². The Balaban J connectivity index is 0.00000149. The second-order valence-electron chi connectivity index (χ2n) is 7.94. The summed E-state index contributed by atoms with van der Waals surface area (Å²) in [7, 11) is -2.39. The van der Waals surface area contributed by atoms with Crippen LogP contribution in [-0.4, -0.2) is 62.8 Å². The third kappa shape index (κ3) is 5.81. The van der Waals surface area contributed by atoms with Gasteiger partial charge in [-0.2, -0.15) is 4.72 Å². The summed E-state index contributed by atoms with van der Waals surface area (Å²) in [5.41, 5.74) is 5.27. The molecule has 0 spiro atoms. The molecule has 0 radical (unpaired) electrons. The molecule has 8 nitrogen and oxygen atoms in total. The Morgan fingerprint density at radius 1 is 1.15 bits per heavy atom. The number of allylic oxidation sites excluding steroid dienone is 1. The molecular formula is C23H29BrN4O4S. The summed E-state index contributed by atoms with van der Waals surface area (Å²) >= 11 is 3.41. The number of halogens is 1. The zero-order valence-corrected chi connectivity index (χ0v) is 21.0. The third-order valence-electron chi connectivity index (χ3n) is 5.77. The molecule has 178 valence electrons. The maximum Gasteiger partial charge on any atom is 0.246 e. The number of benzene rings is 2. The van der Waals surface area contributed by atoms with Gasteiger partial charge in [0.2, 0.25) is 21.8 Å². The minimum atomic E-state index is -3.89. The molecule has 2 aliphatic heterocycles. The van der Waals surface area contributed by atoms with E-state index in [0.717, 1.165) is 33.8 Å². The fraction of sp³-hybridized carbons (Fsp3) is 0.391. The Morgan fingerprint density at radius 2 is 1.85 bits per heavy atom. The minimum Gasteiger partial charge on any atom is -0.333 e. The number of fused-ring (bicyclic) bond motifs is 1. The fourth-order valence-corrected chi connectivity index (χ4v) is 5.75. The molecule has 2 aromatic carbocycles. The van der Waals surface area contributed by atoms with Crippen molar-refractivity contribution in [3.8, 4) is 0 Å². The van der Waals surface area contributed by atoms with Crippen molar-refractivity contribution in [1.82, 2.24) is 14.5 Å². The van der Waals surface area contributed by atoms with E-state index < -0.39 is 16.1 Å². The van der Waals surface area contributed by atoms with Crippen molar-refractivity contribution < 1.29 is 18.0 Å². The molecule has 0 unspecified atom stereocenters. The average Bonchev–Trinajstić information content (AvgIpc) is 3.23. The maximum absolute atomic E-state index is 13.0. The lowest BCUT2D eigenvalue weighted by atomic mass is 10.1. The van der Waals surface area contributed by atoms with Crippen LogP contribution in [0.5, 0.6) is 0 Å². The van der Waals surface area contributed by atoms with Crippen LogP contribution in [0.1, 0.15) is 25.7 Å². The van der Waals surface area contributed by atoms with E-state index in [1.54, 1.807) is 17.0 Å². The lowest BCUT2D eigenvalue weighted by Crippen LogP contribution is -2.54. The zero-order chi connectivity index (χ0) is 24.2. The number of carbonyl (C=O) groups excluding carboxylic acids is 2. The van der Waals surface area contributed by atoms with Crippen LogP contribution in [0.25, 0.3) is 10.8 Å². The zero-order valence-electron chi connectivity index (χ0n) is 18.6. The monoisotopic (exact) mass is 536 g/mol. The van der Waals surface area contributed by atoms with Crippen LogP contribution < -0.4 is 10.5 Å². The number of hydrogen-bond donors (Lipinski definition) is 2. The van der Waals surface area contributed by atoms with Crippen molar-refractivity contribution in [3.63, 3.8) is 0 Å². The first kappa shape index (κ1) is 25.4. The standard InChI is InChI=1S/C22H24BrN3O4S.CH5N/c1-15-4-2-11-26(15)21(27)14-25-10-3-5-20(22(25)28)24-31(29,30)19-9-7-16-12-18(23)8-6-17(16)13-19;1-2/h6-9,12-13,20,24H,1-5,10-11,14H2;2H2,1H3/t20-;/m0./s1. The summed E-state index contributed by atoms with van der Waals surface area (Å²) in [4.78, 5) is 28.7. The first-order chi connectivity index (χ1) is 15.7. The van der Waals surface area contributed by atoms with Gasteiger partial charge in [0.25, 0.3) is 0 Å². The van der Waals surface area contributed by atoms with Gasteiger partial charge >= 0.3 is 0 Å². The Labute approximate surface area is 203 Å². The fourth-order valence-electron chi connectivity index (χ4n) is 4.11. The summed E-state index contributed by atoms with van der Waals surface area (Å²) in [6.45, 7) is 4.90. The Bertz CT molecular complexity index is 1170. The number of nitrogens with zero attached hydrogens (tertiary/aromatic N) is 2. The van der Waals surface area contributed by atoms with E-state index in [2.05, 4.69) is 33.0 Å². The lowest BCUT2D eigenvalue weighted by molar-refractivity contribution is -0.142. The van der Waals surface area contributed by atoms with Crippen molar-refractivity contribution in [1.29, 1.82) is 0 Å².